The molecule has 2 aromatic rings. The molecule has 2 nitrogen and oxygen atoms in total. The number of nitrogens with one attached hydrogen (secondary N) is 1. The lowest BCUT2D eigenvalue weighted by atomic mass is 10.0. The molecule has 3 N–H and O–H groups in total. The summed E-state index contributed by atoms with van der Waals surface area (Å²) >= 11 is 5.84. The molecule has 4 heteroatoms. The van der Waals surface area contributed by atoms with Crippen LogP contribution >= 0.6 is 11.6 Å². The fourth-order valence-corrected chi connectivity index (χ4v) is 1.73. The fraction of sp³-hybridized carbons (Fsp3) is 0. The van der Waals surface area contributed by atoms with Crippen LogP contribution in [0.1, 0.15) is 11.1 Å². The van der Waals surface area contributed by atoms with Gasteiger partial charge in [0.25, 0.3) is 0 Å². The first-order valence-corrected chi connectivity index (χ1v) is 5.36. The molecule has 2 rings (SSSR count). The van der Waals surface area contributed by atoms with Crippen LogP contribution in [0.15, 0.2) is 42.5 Å². The Balaban J connectivity index is 2.51. The Hall–Kier alpha value is -1.87. The molecule has 0 aromatic heterocycles. The lowest BCUT2D eigenvalue weighted by Crippen LogP contribution is -2.07. The molecule has 0 aliphatic carbocycles. The maximum Gasteiger partial charge on any atom is 0.132 e. The minimum Gasteiger partial charge on any atom is -0.398 e. The molecule has 0 saturated carbocycles. The third kappa shape index (κ3) is 2.29. The van der Waals surface area contributed by atoms with Crippen molar-refractivity contribution in [3.05, 3.63) is 64.4 Å². The summed E-state index contributed by atoms with van der Waals surface area (Å²) in [5, 5.41) is 8.44. The Morgan fingerprint density at radius 1 is 1.12 bits per heavy atom. The number of rotatable bonds is 2. The van der Waals surface area contributed by atoms with Crippen LogP contribution in [-0.2, 0) is 0 Å². The number of benzene rings is 2. The Labute approximate surface area is 103 Å². The van der Waals surface area contributed by atoms with Crippen molar-refractivity contribution in [2.24, 2.45) is 0 Å². The molecule has 0 bridgehead atoms. The van der Waals surface area contributed by atoms with E-state index >= 15 is 0 Å². The maximum absolute atomic E-state index is 13.5. The van der Waals surface area contributed by atoms with Gasteiger partial charge in [-0.2, -0.15) is 0 Å². The van der Waals surface area contributed by atoms with E-state index in [1.54, 1.807) is 30.3 Å². The number of hydrogen-bond acceptors (Lipinski definition) is 2. The number of nitrogens with two attached hydrogens (primary N) is 1. The van der Waals surface area contributed by atoms with Crippen molar-refractivity contribution in [2.45, 2.75) is 0 Å². The Bertz CT molecular complexity index is 581. The molecule has 2 aromatic carbocycles. The monoisotopic (exact) mass is 248 g/mol. The normalized spacial score (nSPS) is 10.2. The second-order valence-corrected chi connectivity index (χ2v) is 4.02. The highest BCUT2D eigenvalue weighted by atomic mass is 35.5. The zero-order valence-corrected chi connectivity index (χ0v) is 9.63. The number of nitrogen functional groups attached to an aromatic ring is 1. The molecule has 0 aliphatic heterocycles. The van der Waals surface area contributed by atoms with Crippen LogP contribution in [0.4, 0.5) is 10.1 Å². The van der Waals surface area contributed by atoms with Gasteiger partial charge in [-0.15, -0.1) is 0 Å². The van der Waals surface area contributed by atoms with Gasteiger partial charge in [0.05, 0.1) is 5.71 Å². The van der Waals surface area contributed by atoms with Crippen molar-refractivity contribution in [1.82, 2.24) is 0 Å². The fourth-order valence-electron chi connectivity index (χ4n) is 1.55. The molecule has 17 heavy (non-hydrogen) atoms. The first kappa shape index (κ1) is 11.6. The average molecular weight is 249 g/mol. The molecule has 0 amide bonds. The predicted octanol–water partition coefficient (Wildman–Crippen LogP) is 3.48. The van der Waals surface area contributed by atoms with Crippen molar-refractivity contribution >= 4 is 23.0 Å². The van der Waals surface area contributed by atoms with E-state index in [2.05, 4.69) is 0 Å². The van der Waals surface area contributed by atoms with Gasteiger partial charge in [0.1, 0.15) is 5.82 Å². The quantitative estimate of drug-likeness (QED) is 0.620. The summed E-state index contributed by atoms with van der Waals surface area (Å²) in [4.78, 5) is 0. The van der Waals surface area contributed by atoms with Gasteiger partial charge in [0.2, 0.25) is 0 Å². The summed E-state index contributed by atoms with van der Waals surface area (Å²) < 4.78 is 13.5. The zero-order chi connectivity index (χ0) is 12.4. The van der Waals surface area contributed by atoms with Gasteiger partial charge >= 0.3 is 0 Å². The van der Waals surface area contributed by atoms with Crippen LogP contribution in [0.3, 0.4) is 0 Å². The average Bonchev–Trinajstić information content (AvgIpc) is 2.32. The maximum atomic E-state index is 13.5. The summed E-state index contributed by atoms with van der Waals surface area (Å²) in [5.74, 6) is -0.447. The van der Waals surface area contributed by atoms with Crippen LogP contribution in [0, 0.1) is 11.2 Å². The molecule has 0 unspecified atom stereocenters. The van der Waals surface area contributed by atoms with E-state index in [0.29, 0.717) is 16.3 Å². The minimum absolute atomic E-state index is 0.0306. The highest BCUT2D eigenvalue weighted by molar-refractivity contribution is 6.31. The van der Waals surface area contributed by atoms with Gasteiger partial charge in [-0.25, -0.2) is 4.39 Å². The molecule has 0 atom stereocenters. The summed E-state index contributed by atoms with van der Waals surface area (Å²) in [6, 6.07) is 10.9. The van der Waals surface area contributed by atoms with E-state index in [0.717, 1.165) is 0 Å². The van der Waals surface area contributed by atoms with E-state index in [1.807, 2.05) is 0 Å². The molecular formula is C13H10ClFN2. The van der Waals surface area contributed by atoms with Crippen LogP contribution in [0.5, 0.6) is 0 Å². The molecule has 0 heterocycles. The summed E-state index contributed by atoms with van der Waals surface area (Å²) in [6.45, 7) is 0. The second kappa shape index (κ2) is 4.55. The first-order chi connectivity index (χ1) is 8.09. The summed E-state index contributed by atoms with van der Waals surface area (Å²) in [7, 11) is 0. The van der Waals surface area contributed by atoms with Gasteiger partial charge < -0.3 is 5.73 Å². The van der Waals surface area contributed by atoms with Gasteiger partial charge in [0, 0.05) is 21.8 Å². The molecule has 0 spiro atoms. The highest BCUT2D eigenvalue weighted by Gasteiger charge is 2.12. The van der Waals surface area contributed by atoms with Crippen LogP contribution in [0.2, 0.25) is 5.02 Å². The first-order valence-electron chi connectivity index (χ1n) is 4.98. The topological polar surface area (TPSA) is 49.9 Å². The molecule has 0 radical (unpaired) electrons. The Kier molecular flexibility index (Phi) is 3.11. The lowest BCUT2D eigenvalue weighted by molar-refractivity contribution is 0.625. The molecule has 0 saturated heterocycles. The van der Waals surface area contributed by atoms with Crippen molar-refractivity contribution in [3.8, 4) is 0 Å². The van der Waals surface area contributed by atoms with Crippen molar-refractivity contribution in [3.63, 3.8) is 0 Å². The van der Waals surface area contributed by atoms with Crippen LogP contribution in [0.25, 0.3) is 0 Å². The lowest BCUT2D eigenvalue weighted by Gasteiger charge is -2.08. The van der Waals surface area contributed by atoms with E-state index in [4.69, 9.17) is 22.7 Å². The molecule has 0 aliphatic rings. The third-order valence-corrected chi connectivity index (χ3v) is 2.66. The number of halogens is 2. The zero-order valence-electron chi connectivity index (χ0n) is 8.87. The number of anilines is 1. The highest BCUT2D eigenvalue weighted by Crippen LogP contribution is 2.22. The van der Waals surface area contributed by atoms with Crippen molar-refractivity contribution in [1.29, 1.82) is 5.41 Å². The van der Waals surface area contributed by atoms with Crippen molar-refractivity contribution < 1.29 is 4.39 Å². The van der Waals surface area contributed by atoms with E-state index in [9.17, 15) is 4.39 Å². The van der Waals surface area contributed by atoms with E-state index < -0.39 is 5.82 Å². The predicted molar refractivity (Wildman–Crippen MR) is 68.2 cm³/mol. The summed E-state index contributed by atoms with van der Waals surface area (Å²) in [6.07, 6.45) is 0. The van der Waals surface area contributed by atoms with Gasteiger partial charge in [-0.3, -0.25) is 5.41 Å². The standard InChI is InChI=1S/C13H10ClFN2/c14-8-5-6-12(16)10(7-8)13(17)9-3-1-2-4-11(9)15/h1-7,17H,16H2. The SMILES string of the molecule is N=C(c1cc(Cl)ccc1N)c1ccccc1F. The van der Waals surface area contributed by atoms with E-state index in [1.165, 1.54) is 12.1 Å². The van der Waals surface area contributed by atoms with Gasteiger partial charge in [-0.05, 0) is 30.3 Å². The third-order valence-electron chi connectivity index (χ3n) is 2.43. The summed E-state index contributed by atoms with van der Waals surface area (Å²) in [5.41, 5.74) is 6.83. The van der Waals surface area contributed by atoms with Gasteiger partial charge in [0.15, 0.2) is 0 Å². The Morgan fingerprint density at radius 3 is 2.53 bits per heavy atom. The largest absolute Gasteiger partial charge is 0.398 e. The second-order valence-electron chi connectivity index (χ2n) is 3.59. The molecule has 0 fully saturated rings. The molecule has 86 valence electrons. The van der Waals surface area contributed by atoms with E-state index in [-0.39, 0.29) is 11.3 Å². The van der Waals surface area contributed by atoms with Gasteiger partial charge in [-0.1, -0.05) is 23.7 Å². The van der Waals surface area contributed by atoms with Crippen LogP contribution < -0.4 is 5.73 Å². The number of hydrogen-bond donors (Lipinski definition) is 2. The Morgan fingerprint density at radius 2 is 1.82 bits per heavy atom. The molecular weight excluding hydrogens is 239 g/mol. The van der Waals surface area contributed by atoms with Crippen molar-refractivity contribution in [2.75, 3.05) is 5.73 Å². The van der Waals surface area contributed by atoms with Crippen LogP contribution in [-0.4, -0.2) is 5.71 Å². The minimum atomic E-state index is -0.447. The smallest absolute Gasteiger partial charge is 0.132 e.